The number of aromatic amines is 1. The van der Waals surface area contributed by atoms with Crippen LogP contribution in [0.3, 0.4) is 0 Å². The van der Waals surface area contributed by atoms with Crippen molar-refractivity contribution in [2.24, 2.45) is 10.2 Å². The summed E-state index contributed by atoms with van der Waals surface area (Å²) in [5, 5.41) is 19.5. The number of imidazole rings is 1. The Hall–Kier alpha value is -3.28. The van der Waals surface area contributed by atoms with Crippen LogP contribution in [0.4, 0.5) is 17.1 Å². The molecule has 5 aromatic rings. The first-order valence-electron chi connectivity index (χ1n) is 10.2. The molecular weight excluding hydrogens is 477 g/mol. The molecule has 0 saturated heterocycles. The number of aromatic hydroxyl groups is 1. The van der Waals surface area contributed by atoms with Gasteiger partial charge in [0.1, 0.15) is 21.6 Å². The Labute approximate surface area is 222 Å². The minimum atomic E-state index is -5.00. The van der Waals surface area contributed by atoms with Crippen LogP contribution in [0, 0.1) is 6.92 Å². The van der Waals surface area contributed by atoms with Gasteiger partial charge >= 0.3 is 29.6 Å². The number of hydrogen-bond donors (Lipinski definition) is 3. The quantitative estimate of drug-likeness (QED) is 0.150. The number of fused-ring (bicyclic) bond motifs is 3. The number of hydrogen-bond acceptors (Lipinski definition) is 8. The summed E-state index contributed by atoms with van der Waals surface area (Å²) in [7, 11) is -5.00. The van der Waals surface area contributed by atoms with Gasteiger partial charge in [0.2, 0.25) is 0 Å². The number of aromatic nitrogens is 2. The number of phenols is 1. The average Bonchev–Trinajstić information content (AvgIpc) is 3.23. The van der Waals surface area contributed by atoms with Crippen LogP contribution in [0.2, 0.25) is 0 Å². The van der Waals surface area contributed by atoms with Crippen LogP contribution in [-0.2, 0) is 10.1 Å². The zero-order valence-corrected chi connectivity index (χ0v) is 21.7. The number of azo groups is 1. The van der Waals surface area contributed by atoms with Gasteiger partial charge in [0.25, 0.3) is 0 Å². The van der Waals surface area contributed by atoms with Gasteiger partial charge < -0.3 is 20.4 Å². The molecule has 4 N–H and O–H groups in total. The van der Waals surface area contributed by atoms with Crippen molar-refractivity contribution in [1.29, 1.82) is 0 Å². The number of nitrogens with one attached hydrogen (secondary N) is 1. The molecule has 11 heteroatoms. The maximum Gasteiger partial charge on any atom is 1.00 e. The van der Waals surface area contributed by atoms with Crippen molar-refractivity contribution in [2.45, 2.75) is 11.8 Å². The van der Waals surface area contributed by atoms with Gasteiger partial charge in [0.05, 0.1) is 21.6 Å². The van der Waals surface area contributed by atoms with Crippen LogP contribution < -0.4 is 35.3 Å². The van der Waals surface area contributed by atoms with Gasteiger partial charge in [-0.15, -0.1) is 5.11 Å². The number of phenolic OH excluding ortho intramolecular Hbond substituents is 1. The molecule has 0 spiro atoms. The van der Waals surface area contributed by atoms with Crippen LogP contribution in [0.15, 0.2) is 81.9 Å². The number of rotatable bonds is 4. The normalized spacial score (nSPS) is 11.8. The number of nitrogen functional groups attached to an aromatic ring is 1. The molecule has 0 aliphatic heterocycles. The Morgan fingerprint density at radius 1 is 1.00 bits per heavy atom. The zero-order valence-electron chi connectivity index (χ0n) is 18.9. The molecule has 9 nitrogen and oxygen atoms in total. The largest absolute Gasteiger partial charge is 1.00 e. The zero-order chi connectivity index (χ0) is 24.0. The molecule has 170 valence electrons. The first kappa shape index (κ1) is 24.8. The van der Waals surface area contributed by atoms with Gasteiger partial charge in [-0.25, -0.2) is 13.4 Å². The molecular formula is C24H18N5NaO4S. The molecule has 0 amide bonds. The van der Waals surface area contributed by atoms with Gasteiger partial charge in [-0.3, -0.25) is 0 Å². The molecule has 0 aliphatic carbocycles. The van der Waals surface area contributed by atoms with E-state index in [1.54, 1.807) is 42.5 Å². The molecule has 0 fully saturated rings. The van der Waals surface area contributed by atoms with Crippen LogP contribution >= 0.6 is 0 Å². The van der Waals surface area contributed by atoms with E-state index in [1.165, 1.54) is 6.07 Å². The van der Waals surface area contributed by atoms with Crippen molar-refractivity contribution < 1.29 is 47.6 Å². The maximum absolute atomic E-state index is 12.1. The summed E-state index contributed by atoms with van der Waals surface area (Å²) >= 11 is 0. The standard InChI is InChI=1S/C24H19N5O4S.Na/c1-13-5-2-3-8-18(13)28-29-22-20(34(31,32)33)12-17-16(23(22)30)9-10-19-21(17)27-24(26-19)14-6-4-7-15(25)11-14;/h2-12,30H,25H2,1H3,(H,26,27)(H,31,32,33);/q;+1/p-1. The van der Waals surface area contributed by atoms with E-state index in [1.807, 2.05) is 25.1 Å². The second-order valence-corrected chi connectivity index (χ2v) is 9.13. The van der Waals surface area contributed by atoms with Crippen LogP contribution in [0.1, 0.15) is 5.56 Å². The molecule has 0 atom stereocenters. The predicted molar refractivity (Wildman–Crippen MR) is 128 cm³/mol. The molecule has 1 aromatic heterocycles. The van der Waals surface area contributed by atoms with E-state index >= 15 is 0 Å². The molecule has 35 heavy (non-hydrogen) atoms. The Morgan fingerprint density at radius 2 is 1.77 bits per heavy atom. The van der Waals surface area contributed by atoms with Crippen LogP contribution in [-0.4, -0.2) is 28.0 Å². The molecule has 0 unspecified atom stereocenters. The van der Waals surface area contributed by atoms with Gasteiger partial charge in [0.15, 0.2) is 5.75 Å². The Bertz CT molecular complexity index is 1730. The second kappa shape index (κ2) is 9.40. The summed E-state index contributed by atoms with van der Waals surface area (Å²) < 4.78 is 36.4. The van der Waals surface area contributed by atoms with Crippen LogP contribution in [0.5, 0.6) is 5.75 Å². The van der Waals surface area contributed by atoms with Crippen molar-refractivity contribution in [2.75, 3.05) is 5.73 Å². The third kappa shape index (κ3) is 4.66. The number of anilines is 1. The fraction of sp³-hybridized carbons (Fsp3) is 0.0417. The van der Waals surface area contributed by atoms with Crippen LogP contribution in [0.25, 0.3) is 33.2 Å². The topological polar surface area (TPSA) is 157 Å². The maximum atomic E-state index is 12.1. The summed E-state index contributed by atoms with van der Waals surface area (Å²) in [6, 6.07) is 18.7. The molecule has 0 saturated carbocycles. The molecule has 0 bridgehead atoms. The molecule has 5 rings (SSSR count). The SMILES string of the molecule is Cc1ccccc1N=Nc1c(S(=O)(=O)[O-])cc2c(ccc3[nH]c(-c4cccc(N)c4)nc32)c1O.[Na+]. The predicted octanol–water partition coefficient (Wildman–Crippen LogP) is 2.30. The smallest absolute Gasteiger partial charge is 0.744 e. The minimum absolute atomic E-state index is 0. The Morgan fingerprint density at radius 3 is 2.49 bits per heavy atom. The first-order valence-corrected chi connectivity index (χ1v) is 11.6. The molecule has 0 radical (unpaired) electrons. The molecule has 1 heterocycles. The van der Waals surface area contributed by atoms with E-state index in [0.717, 1.165) is 11.1 Å². The summed E-state index contributed by atoms with van der Waals surface area (Å²) in [6.45, 7) is 1.81. The van der Waals surface area contributed by atoms with Gasteiger partial charge in [-0.05, 0) is 48.9 Å². The van der Waals surface area contributed by atoms with E-state index in [9.17, 15) is 18.1 Å². The minimum Gasteiger partial charge on any atom is -0.744 e. The summed E-state index contributed by atoms with van der Waals surface area (Å²) in [6.07, 6.45) is 0. The number of nitrogens with zero attached hydrogens (tertiary/aromatic N) is 3. The van der Waals surface area contributed by atoms with Gasteiger partial charge in [-0.2, -0.15) is 5.11 Å². The van der Waals surface area contributed by atoms with E-state index in [4.69, 9.17) is 5.73 Å². The number of H-pyrrole nitrogens is 1. The summed E-state index contributed by atoms with van der Waals surface area (Å²) in [5.41, 5.74) is 8.99. The second-order valence-electron chi connectivity index (χ2n) is 7.78. The first-order chi connectivity index (χ1) is 16.2. The van der Waals surface area contributed by atoms with Crippen molar-refractivity contribution in [3.63, 3.8) is 0 Å². The van der Waals surface area contributed by atoms with Gasteiger partial charge in [-0.1, -0.05) is 30.3 Å². The van der Waals surface area contributed by atoms with Crippen molar-refractivity contribution >= 4 is 49.0 Å². The summed E-state index contributed by atoms with van der Waals surface area (Å²) in [5.74, 6) is 0.0313. The summed E-state index contributed by atoms with van der Waals surface area (Å²) in [4.78, 5) is 7.05. The van der Waals surface area contributed by atoms with E-state index < -0.39 is 26.5 Å². The van der Waals surface area contributed by atoms with Crippen molar-refractivity contribution in [3.05, 3.63) is 72.3 Å². The van der Waals surface area contributed by atoms with Crippen molar-refractivity contribution in [1.82, 2.24) is 9.97 Å². The van der Waals surface area contributed by atoms with Gasteiger partial charge in [0, 0.05) is 22.0 Å². The van der Waals surface area contributed by atoms with E-state index in [-0.39, 0.29) is 40.3 Å². The third-order valence-electron chi connectivity index (χ3n) is 5.48. The molecule has 4 aromatic carbocycles. The van der Waals surface area contributed by atoms with E-state index in [0.29, 0.717) is 28.2 Å². The fourth-order valence-electron chi connectivity index (χ4n) is 3.78. The number of nitrogens with two attached hydrogens (primary N) is 1. The monoisotopic (exact) mass is 495 g/mol. The van der Waals surface area contributed by atoms with Crippen molar-refractivity contribution in [3.8, 4) is 17.1 Å². The fourth-order valence-corrected chi connectivity index (χ4v) is 4.42. The Balaban J connectivity index is 0.00000289. The third-order valence-corrected chi connectivity index (χ3v) is 6.33. The number of benzene rings is 4. The average molecular weight is 495 g/mol. The molecule has 0 aliphatic rings. The van der Waals surface area contributed by atoms with E-state index in [2.05, 4.69) is 20.2 Å². The number of aryl methyl sites for hydroxylation is 1. The Kier molecular flexibility index (Phi) is 6.67.